The van der Waals surface area contributed by atoms with Crippen LogP contribution in [0.15, 0.2) is 0 Å². The lowest BCUT2D eigenvalue weighted by Gasteiger charge is -2.20. The monoisotopic (exact) mass is 200 g/mol. The molecule has 1 fully saturated rings. The van der Waals surface area contributed by atoms with Crippen LogP contribution in [0.2, 0.25) is 0 Å². The predicted octanol–water partition coefficient (Wildman–Crippen LogP) is 1.93. The van der Waals surface area contributed by atoms with Crippen LogP contribution >= 0.6 is 12.2 Å². The fourth-order valence-electron chi connectivity index (χ4n) is 1.87. The Kier molecular flexibility index (Phi) is 5.32. The second-order valence-electron chi connectivity index (χ2n) is 3.86. The predicted molar refractivity (Wildman–Crippen MR) is 60.9 cm³/mol. The maximum atomic E-state index is 5.54. The van der Waals surface area contributed by atoms with Gasteiger partial charge in [-0.15, -0.1) is 0 Å². The first kappa shape index (κ1) is 10.9. The van der Waals surface area contributed by atoms with Crippen LogP contribution < -0.4 is 5.73 Å². The van der Waals surface area contributed by atoms with Gasteiger partial charge in [0.15, 0.2) is 0 Å². The molecule has 0 radical (unpaired) electrons. The molecule has 1 saturated heterocycles. The fraction of sp³-hybridized carbons (Fsp3) is 0.900. The van der Waals surface area contributed by atoms with Gasteiger partial charge in [0.2, 0.25) is 0 Å². The number of nitrogens with two attached hydrogens (primary N) is 1. The summed E-state index contributed by atoms with van der Waals surface area (Å²) in [5.74, 6) is 0. The molecule has 0 aromatic rings. The molecule has 0 aliphatic carbocycles. The smallest absolute Gasteiger partial charge is 0.0870 e. The van der Waals surface area contributed by atoms with Crippen molar-refractivity contribution in [1.82, 2.24) is 4.90 Å². The lowest BCUT2D eigenvalue weighted by molar-refractivity contribution is 0.305. The number of nitrogens with zero attached hydrogens (tertiary/aromatic N) is 1. The Morgan fingerprint density at radius 2 is 1.46 bits per heavy atom. The van der Waals surface area contributed by atoms with Gasteiger partial charge >= 0.3 is 0 Å². The molecule has 0 unspecified atom stereocenters. The third-order valence-electron chi connectivity index (χ3n) is 2.58. The molecular weight excluding hydrogens is 180 g/mol. The van der Waals surface area contributed by atoms with E-state index in [0.717, 1.165) is 6.54 Å². The van der Waals surface area contributed by atoms with E-state index in [9.17, 15) is 0 Å². The zero-order valence-electron chi connectivity index (χ0n) is 8.30. The molecule has 3 heteroatoms. The standard InChI is InChI=1S/C10H20N2S/c11-10(13)9-12-7-5-3-1-2-4-6-8-12/h1-9H2,(H2,11,13). The summed E-state index contributed by atoms with van der Waals surface area (Å²) in [6, 6.07) is 0. The second kappa shape index (κ2) is 6.33. The number of hydrogen-bond acceptors (Lipinski definition) is 2. The number of thiocarbonyl (C=S) groups is 1. The zero-order valence-corrected chi connectivity index (χ0v) is 9.11. The van der Waals surface area contributed by atoms with Crippen molar-refractivity contribution in [2.45, 2.75) is 38.5 Å². The van der Waals surface area contributed by atoms with Crippen LogP contribution in [0.3, 0.4) is 0 Å². The maximum absolute atomic E-state index is 5.54. The normalized spacial score (nSPS) is 21.5. The molecule has 2 N–H and O–H groups in total. The van der Waals surface area contributed by atoms with Crippen molar-refractivity contribution in [1.29, 1.82) is 0 Å². The summed E-state index contributed by atoms with van der Waals surface area (Å²) in [5, 5.41) is 0. The van der Waals surface area contributed by atoms with Crippen molar-refractivity contribution in [2.24, 2.45) is 5.73 Å². The molecule has 1 aliphatic rings. The van der Waals surface area contributed by atoms with Crippen LogP contribution in [0.1, 0.15) is 38.5 Å². The van der Waals surface area contributed by atoms with Gasteiger partial charge in [-0.3, -0.25) is 4.90 Å². The molecule has 0 saturated carbocycles. The van der Waals surface area contributed by atoms with Crippen molar-refractivity contribution in [3.63, 3.8) is 0 Å². The van der Waals surface area contributed by atoms with Crippen molar-refractivity contribution >= 4 is 17.2 Å². The van der Waals surface area contributed by atoms with Gasteiger partial charge in [-0.25, -0.2) is 0 Å². The lowest BCUT2D eigenvalue weighted by atomic mass is 10.1. The first-order chi connectivity index (χ1) is 6.29. The van der Waals surface area contributed by atoms with E-state index in [1.54, 1.807) is 0 Å². The van der Waals surface area contributed by atoms with Gasteiger partial charge in [0.25, 0.3) is 0 Å². The Hall–Kier alpha value is -0.150. The van der Waals surface area contributed by atoms with Gasteiger partial charge in [-0.05, 0) is 25.9 Å². The summed E-state index contributed by atoms with van der Waals surface area (Å²) in [7, 11) is 0. The van der Waals surface area contributed by atoms with E-state index in [1.165, 1.54) is 51.6 Å². The van der Waals surface area contributed by atoms with Crippen LogP contribution in [0.25, 0.3) is 0 Å². The minimum absolute atomic E-state index is 0.638. The SMILES string of the molecule is NC(=S)CN1CCCCCCCC1. The van der Waals surface area contributed by atoms with Gasteiger partial charge in [0.1, 0.15) is 0 Å². The van der Waals surface area contributed by atoms with Gasteiger partial charge in [-0.2, -0.15) is 0 Å². The average Bonchev–Trinajstić information content (AvgIpc) is 2.17. The van der Waals surface area contributed by atoms with E-state index in [0.29, 0.717) is 4.99 Å². The number of hydrogen-bond donors (Lipinski definition) is 1. The van der Waals surface area contributed by atoms with E-state index in [4.69, 9.17) is 18.0 Å². The molecule has 0 aromatic heterocycles. The molecule has 0 amide bonds. The molecule has 0 aromatic carbocycles. The summed E-state index contributed by atoms with van der Waals surface area (Å²) in [6.07, 6.45) is 8.16. The maximum Gasteiger partial charge on any atom is 0.0870 e. The third-order valence-corrected chi connectivity index (χ3v) is 2.71. The summed E-state index contributed by atoms with van der Waals surface area (Å²) in [4.78, 5) is 3.03. The second-order valence-corrected chi connectivity index (χ2v) is 4.39. The first-order valence-corrected chi connectivity index (χ1v) is 5.70. The molecular formula is C10H20N2S. The molecule has 1 heterocycles. The molecule has 1 rings (SSSR count). The van der Waals surface area contributed by atoms with Crippen LogP contribution in [0.4, 0.5) is 0 Å². The fourth-order valence-corrected chi connectivity index (χ4v) is 2.05. The van der Waals surface area contributed by atoms with Gasteiger partial charge in [-0.1, -0.05) is 37.9 Å². The summed E-state index contributed by atoms with van der Waals surface area (Å²) in [6.45, 7) is 3.17. The van der Waals surface area contributed by atoms with E-state index in [2.05, 4.69) is 4.90 Å². The molecule has 0 spiro atoms. The van der Waals surface area contributed by atoms with E-state index in [-0.39, 0.29) is 0 Å². The van der Waals surface area contributed by atoms with Crippen molar-refractivity contribution in [2.75, 3.05) is 19.6 Å². The molecule has 0 bridgehead atoms. The highest BCUT2D eigenvalue weighted by Gasteiger charge is 2.07. The Bertz CT molecular complexity index is 149. The van der Waals surface area contributed by atoms with Gasteiger partial charge in [0, 0.05) is 6.54 Å². The highest BCUT2D eigenvalue weighted by molar-refractivity contribution is 7.80. The molecule has 13 heavy (non-hydrogen) atoms. The van der Waals surface area contributed by atoms with Crippen molar-refractivity contribution in [3.8, 4) is 0 Å². The largest absolute Gasteiger partial charge is 0.392 e. The quantitative estimate of drug-likeness (QED) is 0.691. The van der Waals surface area contributed by atoms with Gasteiger partial charge < -0.3 is 5.73 Å². The minimum Gasteiger partial charge on any atom is -0.392 e. The summed E-state index contributed by atoms with van der Waals surface area (Å²) < 4.78 is 0. The Morgan fingerprint density at radius 1 is 1.00 bits per heavy atom. The summed E-state index contributed by atoms with van der Waals surface area (Å²) in [5.41, 5.74) is 5.54. The molecule has 2 nitrogen and oxygen atoms in total. The van der Waals surface area contributed by atoms with Crippen LogP contribution in [-0.2, 0) is 0 Å². The highest BCUT2D eigenvalue weighted by atomic mass is 32.1. The third kappa shape index (κ3) is 5.21. The number of rotatable bonds is 2. The minimum atomic E-state index is 0.638. The molecule has 76 valence electrons. The summed E-state index contributed by atoms with van der Waals surface area (Å²) >= 11 is 4.92. The van der Waals surface area contributed by atoms with Crippen molar-refractivity contribution in [3.05, 3.63) is 0 Å². The highest BCUT2D eigenvalue weighted by Crippen LogP contribution is 2.10. The van der Waals surface area contributed by atoms with Gasteiger partial charge in [0.05, 0.1) is 4.99 Å². The molecule has 1 aliphatic heterocycles. The first-order valence-electron chi connectivity index (χ1n) is 5.30. The topological polar surface area (TPSA) is 29.3 Å². The van der Waals surface area contributed by atoms with E-state index < -0.39 is 0 Å². The van der Waals surface area contributed by atoms with Crippen molar-refractivity contribution < 1.29 is 0 Å². The van der Waals surface area contributed by atoms with Crippen LogP contribution in [0.5, 0.6) is 0 Å². The van der Waals surface area contributed by atoms with E-state index >= 15 is 0 Å². The van der Waals surface area contributed by atoms with Crippen LogP contribution in [-0.4, -0.2) is 29.5 Å². The molecule has 0 atom stereocenters. The Morgan fingerprint density at radius 3 is 1.92 bits per heavy atom. The Labute approximate surface area is 86.5 Å². The Balaban J connectivity index is 2.27. The zero-order chi connectivity index (χ0) is 9.52. The lowest BCUT2D eigenvalue weighted by Crippen LogP contribution is -2.34. The van der Waals surface area contributed by atoms with E-state index in [1.807, 2.05) is 0 Å². The van der Waals surface area contributed by atoms with Crippen LogP contribution in [0, 0.1) is 0 Å². The average molecular weight is 200 g/mol.